The summed E-state index contributed by atoms with van der Waals surface area (Å²) in [6.07, 6.45) is 24.2. The van der Waals surface area contributed by atoms with Gasteiger partial charge in [0.15, 0.2) is 0 Å². The molecule has 0 aromatic rings. The van der Waals surface area contributed by atoms with Gasteiger partial charge in [0.25, 0.3) is 0 Å². The first kappa shape index (κ1) is 18.4. The van der Waals surface area contributed by atoms with Crippen LogP contribution in [0.5, 0.6) is 0 Å². The summed E-state index contributed by atoms with van der Waals surface area (Å²) >= 11 is 0. The molecule has 0 radical (unpaired) electrons. The summed E-state index contributed by atoms with van der Waals surface area (Å²) in [7, 11) is 0. The van der Waals surface area contributed by atoms with Gasteiger partial charge in [-0.15, -0.1) is 0 Å². The van der Waals surface area contributed by atoms with Crippen LogP contribution in [0, 0.1) is 0 Å². The maximum atomic E-state index is 8.65. The van der Waals surface area contributed by atoms with Crippen LogP contribution in [-0.4, -0.2) is 11.7 Å². The molecule has 0 aliphatic heterocycles. The number of hydrogen-bond acceptors (Lipinski definition) is 1. The van der Waals surface area contributed by atoms with E-state index in [1.54, 1.807) is 0 Å². The van der Waals surface area contributed by atoms with Crippen LogP contribution in [0.4, 0.5) is 0 Å². The fourth-order valence-corrected chi connectivity index (χ4v) is 2.12. The van der Waals surface area contributed by atoms with E-state index in [-0.39, 0.29) is 0 Å². The molecule has 112 valence electrons. The Morgan fingerprint density at radius 1 is 0.632 bits per heavy atom. The van der Waals surface area contributed by atoms with Crippen LogP contribution >= 0.6 is 0 Å². The van der Waals surface area contributed by atoms with Crippen LogP contribution < -0.4 is 0 Å². The third kappa shape index (κ3) is 17.4. The molecule has 0 saturated heterocycles. The molecule has 1 nitrogen and oxygen atoms in total. The molecular weight excluding hydrogens is 232 g/mol. The van der Waals surface area contributed by atoms with Crippen LogP contribution in [-0.2, 0) is 0 Å². The molecular formula is C18H34O. The smallest absolute Gasteiger partial charge is 0.0431 e. The second kappa shape index (κ2) is 17.4. The predicted molar refractivity (Wildman–Crippen MR) is 86.4 cm³/mol. The largest absolute Gasteiger partial charge is 0.396 e. The first-order chi connectivity index (χ1) is 9.41. The van der Waals surface area contributed by atoms with Crippen molar-refractivity contribution in [3.05, 3.63) is 24.3 Å². The van der Waals surface area contributed by atoms with E-state index >= 15 is 0 Å². The van der Waals surface area contributed by atoms with Crippen molar-refractivity contribution in [1.82, 2.24) is 0 Å². The van der Waals surface area contributed by atoms with Crippen LogP contribution in [0.15, 0.2) is 24.3 Å². The summed E-state index contributed by atoms with van der Waals surface area (Å²) in [4.78, 5) is 0. The first-order valence-corrected chi connectivity index (χ1v) is 8.34. The zero-order valence-corrected chi connectivity index (χ0v) is 12.9. The fraction of sp³-hybridized carbons (Fsp3) is 0.778. The van der Waals surface area contributed by atoms with E-state index in [0.29, 0.717) is 6.61 Å². The molecule has 1 heteroatoms. The van der Waals surface area contributed by atoms with Gasteiger partial charge in [-0.1, -0.05) is 76.2 Å². The number of aliphatic hydroxyl groups excluding tert-OH is 1. The standard InChI is InChI=1S/C18H34O/c1-2-3-4-5-6-7-8-9-10-11-12-13-14-15-16-17-18-19/h9-12,19H,2-8,13-18H2,1H3/b10-9+,12-11+. The van der Waals surface area contributed by atoms with Gasteiger partial charge in [0.1, 0.15) is 0 Å². The molecule has 0 spiro atoms. The molecule has 0 bridgehead atoms. The minimum Gasteiger partial charge on any atom is -0.396 e. The van der Waals surface area contributed by atoms with Gasteiger partial charge in [-0.05, 0) is 32.1 Å². The van der Waals surface area contributed by atoms with Crippen molar-refractivity contribution >= 4 is 0 Å². The molecule has 0 fully saturated rings. The van der Waals surface area contributed by atoms with E-state index in [4.69, 9.17) is 5.11 Å². The molecule has 0 saturated carbocycles. The third-order valence-electron chi connectivity index (χ3n) is 3.39. The molecule has 1 N–H and O–H groups in total. The normalized spacial score (nSPS) is 11.9. The Labute approximate surface area is 120 Å². The van der Waals surface area contributed by atoms with E-state index in [2.05, 4.69) is 31.2 Å². The van der Waals surface area contributed by atoms with E-state index in [1.807, 2.05) is 0 Å². The summed E-state index contributed by atoms with van der Waals surface area (Å²) < 4.78 is 0. The van der Waals surface area contributed by atoms with E-state index in [9.17, 15) is 0 Å². The van der Waals surface area contributed by atoms with Gasteiger partial charge >= 0.3 is 0 Å². The Bertz CT molecular complexity index is 206. The molecule has 0 amide bonds. The molecule has 0 aromatic heterocycles. The highest BCUT2D eigenvalue weighted by molar-refractivity contribution is 5.02. The molecule has 0 heterocycles. The first-order valence-electron chi connectivity index (χ1n) is 8.34. The minimum absolute atomic E-state index is 0.344. The Morgan fingerprint density at radius 3 is 1.63 bits per heavy atom. The highest BCUT2D eigenvalue weighted by atomic mass is 16.2. The van der Waals surface area contributed by atoms with Gasteiger partial charge in [-0.2, -0.15) is 0 Å². The number of allylic oxidation sites excluding steroid dienone is 4. The maximum absolute atomic E-state index is 8.65. The molecule has 0 aromatic carbocycles. The van der Waals surface area contributed by atoms with Gasteiger partial charge in [-0.3, -0.25) is 0 Å². The van der Waals surface area contributed by atoms with Crippen molar-refractivity contribution in [3.8, 4) is 0 Å². The van der Waals surface area contributed by atoms with Crippen LogP contribution in [0.25, 0.3) is 0 Å². The van der Waals surface area contributed by atoms with Crippen LogP contribution in [0.2, 0.25) is 0 Å². The minimum atomic E-state index is 0.344. The lowest BCUT2D eigenvalue weighted by Crippen LogP contribution is -1.82. The van der Waals surface area contributed by atoms with Crippen LogP contribution in [0.3, 0.4) is 0 Å². The summed E-state index contributed by atoms with van der Waals surface area (Å²) in [5.74, 6) is 0. The Morgan fingerprint density at radius 2 is 1.11 bits per heavy atom. The lowest BCUT2D eigenvalue weighted by Gasteiger charge is -1.97. The van der Waals surface area contributed by atoms with Gasteiger partial charge in [0.05, 0.1) is 0 Å². The molecule has 0 rings (SSSR count). The summed E-state index contributed by atoms with van der Waals surface area (Å²) in [5, 5.41) is 8.65. The van der Waals surface area contributed by atoms with E-state index in [1.165, 1.54) is 64.2 Å². The van der Waals surface area contributed by atoms with Gasteiger partial charge in [-0.25, -0.2) is 0 Å². The summed E-state index contributed by atoms with van der Waals surface area (Å²) in [6, 6.07) is 0. The van der Waals surface area contributed by atoms with E-state index in [0.717, 1.165) is 12.8 Å². The number of rotatable bonds is 14. The zero-order chi connectivity index (χ0) is 14.0. The number of hydrogen-bond donors (Lipinski definition) is 1. The highest BCUT2D eigenvalue weighted by Crippen LogP contribution is 2.07. The topological polar surface area (TPSA) is 20.2 Å². The van der Waals surface area contributed by atoms with Crippen molar-refractivity contribution in [2.45, 2.75) is 84.0 Å². The lowest BCUT2D eigenvalue weighted by atomic mass is 10.1. The predicted octanol–water partition coefficient (Wildman–Crippen LogP) is 5.79. The highest BCUT2D eigenvalue weighted by Gasteiger charge is 1.88. The SMILES string of the molecule is CCCCCCCC/C=C/C=C/CCCCCCO. The van der Waals surface area contributed by atoms with Gasteiger partial charge < -0.3 is 5.11 Å². The lowest BCUT2D eigenvalue weighted by molar-refractivity contribution is 0.282. The fourth-order valence-electron chi connectivity index (χ4n) is 2.12. The van der Waals surface area contributed by atoms with Crippen molar-refractivity contribution in [3.63, 3.8) is 0 Å². The van der Waals surface area contributed by atoms with Gasteiger partial charge in [0, 0.05) is 6.61 Å². The second-order valence-electron chi connectivity index (χ2n) is 5.34. The Hall–Kier alpha value is -0.560. The molecule has 19 heavy (non-hydrogen) atoms. The van der Waals surface area contributed by atoms with Crippen molar-refractivity contribution < 1.29 is 5.11 Å². The number of unbranched alkanes of at least 4 members (excludes halogenated alkanes) is 10. The molecule has 0 aliphatic carbocycles. The molecule has 0 unspecified atom stereocenters. The Balaban J connectivity index is 3.15. The summed E-state index contributed by atoms with van der Waals surface area (Å²) in [6.45, 7) is 2.61. The van der Waals surface area contributed by atoms with Gasteiger partial charge in [0.2, 0.25) is 0 Å². The monoisotopic (exact) mass is 266 g/mol. The quantitative estimate of drug-likeness (QED) is 0.311. The Kier molecular flexibility index (Phi) is 16.9. The molecule has 0 aliphatic rings. The second-order valence-corrected chi connectivity index (χ2v) is 5.34. The summed E-state index contributed by atoms with van der Waals surface area (Å²) in [5.41, 5.74) is 0. The average molecular weight is 266 g/mol. The van der Waals surface area contributed by atoms with E-state index < -0.39 is 0 Å². The third-order valence-corrected chi connectivity index (χ3v) is 3.39. The van der Waals surface area contributed by atoms with Crippen LogP contribution in [0.1, 0.15) is 84.0 Å². The molecule has 0 atom stereocenters. The zero-order valence-electron chi connectivity index (χ0n) is 12.9. The van der Waals surface area contributed by atoms with Crippen molar-refractivity contribution in [1.29, 1.82) is 0 Å². The van der Waals surface area contributed by atoms with Crippen molar-refractivity contribution in [2.75, 3.05) is 6.61 Å². The number of aliphatic hydroxyl groups is 1. The average Bonchev–Trinajstić information content (AvgIpc) is 2.43. The van der Waals surface area contributed by atoms with Crippen molar-refractivity contribution in [2.24, 2.45) is 0 Å². The maximum Gasteiger partial charge on any atom is 0.0431 e.